The summed E-state index contributed by atoms with van der Waals surface area (Å²) in [6, 6.07) is 0. The molecule has 6 nitrogen and oxygen atoms in total. The lowest BCUT2D eigenvalue weighted by Crippen LogP contribution is -2.47. The van der Waals surface area contributed by atoms with Crippen LogP contribution in [0.2, 0.25) is 0 Å². The van der Waals surface area contributed by atoms with Gasteiger partial charge in [0, 0.05) is 52.4 Å². The molecule has 2 rings (SSSR count). The van der Waals surface area contributed by atoms with Crippen LogP contribution in [-0.4, -0.2) is 87.5 Å². The van der Waals surface area contributed by atoms with Crippen molar-refractivity contribution in [1.29, 1.82) is 0 Å². The lowest BCUT2D eigenvalue weighted by molar-refractivity contribution is 0.0263. The molecule has 0 aliphatic carbocycles. The van der Waals surface area contributed by atoms with Crippen LogP contribution in [0, 0.1) is 0 Å². The highest BCUT2D eigenvalue weighted by Gasteiger charge is 2.21. The molecule has 0 amide bonds. The van der Waals surface area contributed by atoms with Gasteiger partial charge in [-0.2, -0.15) is 0 Å². The average molecular weight is 326 g/mol. The van der Waals surface area contributed by atoms with Gasteiger partial charge in [-0.15, -0.1) is 0 Å². The largest absolute Gasteiger partial charge is 0.379 e. The molecule has 2 saturated heterocycles. The summed E-state index contributed by atoms with van der Waals surface area (Å²) in [6.45, 7) is 13.9. The maximum atomic E-state index is 5.73. The van der Waals surface area contributed by atoms with Gasteiger partial charge in [-0.1, -0.05) is 0 Å². The molecular weight excluding hydrogens is 292 g/mol. The second-order valence-electron chi connectivity index (χ2n) is 6.18. The summed E-state index contributed by atoms with van der Waals surface area (Å²) in [6.07, 6.45) is 3.75. The fraction of sp³-hybridized carbons (Fsp3) is 0.941. The quantitative estimate of drug-likeness (QED) is 0.432. The number of hydrogen-bond acceptors (Lipinski definition) is 4. The standard InChI is InChI=1S/C17H34N4O2/c1-3-18-17(21-10-6-16(7-11-21)23-4-2)19-8-5-9-20-12-14-22-15-13-20/h16H,3-15H2,1-2H3,(H,18,19). The van der Waals surface area contributed by atoms with Gasteiger partial charge in [-0.05, 0) is 33.1 Å². The zero-order chi connectivity index (χ0) is 16.3. The molecule has 0 unspecified atom stereocenters. The zero-order valence-corrected chi connectivity index (χ0v) is 14.9. The Balaban J connectivity index is 1.71. The second kappa shape index (κ2) is 10.8. The van der Waals surface area contributed by atoms with Gasteiger partial charge < -0.3 is 19.7 Å². The molecule has 0 bridgehead atoms. The van der Waals surface area contributed by atoms with Crippen molar-refractivity contribution in [3.8, 4) is 0 Å². The summed E-state index contributed by atoms with van der Waals surface area (Å²) in [4.78, 5) is 9.68. The van der Waals surface area contributed by atoms with Crippen molar-refractivity contribution in [1.82, 2.24) is 15.1 Å². The fourth-order valence-electron chi connectivity index (χ4n) is 3.20. The molecule has 0 aromatic carbocycles. The maximum Gasteiger partial charge on any atom is 0.193 e. The first-order valence-corrected chi connectivity index (χ1v) is 9.28. The highest BCUT2D eigenvalue weighted by atomic mass is 16.5. The molecular formula is C17H34N4O2. The number of morpholine rings is 1. The lowest BCUT2D eigenvalue weighted by atomic mass is 10.1. The number of nitrogens with one attached hydrogen (secondary N) is 1. The van der Waals surface area contributed by atoms with Gasteiger partial charge >= 0.3 is 0 Å². The van der Waals surface area contributed by atoms with Crippen molar-refractivity contribution in [2.24, 2.45) is 4.99 Å². The van der Waals surface area contributed by atoms with E-state index < -0.39 is 0 Å². The van der Waals surface area contributed by atoms with E-state index >= 15 is 0 Å². The smallest absolute Gasteiger partial charge is 0.193 e. The molecule has 2 aliphatic rings. The van der Waals surface area contributed by atoms with E-state index in [-0.39, 0.29) is 0 Å². The summed E-state index contributed by atoms with van der Waals surface area (Å²) in [5.74, 6) is 1.07. The third kappa shape index (κ3) is 6.65. The molecule has 2 aliphatic heterocycles. The fourth-order valence-corrected chi connectivity index (χ4v) is 3.20. The first kappa shape index (κ1) is 18.5. The Hall–Kier alpha value is -0.850. The van der Waals surface area contributed by atoms with Crippen LogP contribution in [0.25, 0.3) is 0 Å². The minimum Gasteiger partial charge on any atom is -0.379 e. The van der Waals surface area contributed by atoms with E-state index in [1.807, 2.05) is 0 Å². The minimum atomic E-state index is 0.431. The Morgan fingerprint density at radius 3 is 2.57 bits per heavy atom. The number of guanidine groups is 1. The van der Waals surface area contributed by atoms with Crippen molar-refractivity contribution in [3.05, 3.63) is 0 Å². The van der Waals surface area contributed by atoms with Crippen molar-refractivity contribution in [2.45, 2.75) is 39.2 Å². The van der Waals surface area contributed by atoms with Gasteiger partial charge in [-0.25, -0.2) is 0 Å². The summed E-state index contributed by atoms with van der Waals surface area (Å²) in [5.41, 5.74) is 0. The predicted octanol–water partition coefficient (Wildman–Crippen LogP) is 1.18. The van der Waals surface area contributed by atoms with Gasteiger partial charge in [0.15, 0.2) is 5.96 Å². The molecule has 2 heterocycles. The normalized spacial score (nSPS) is 21.7. The molecule has 2 fully saturated rings. The highest BCUT2D eigenvalue weighted by molar-refractivity contribution is 5.80. The van der Waals surface area contributed by atoms with E-state index in [0.29, 0.717) is 6.10 Å². The van der Waals surface area contributed by atoms with Crippen LogP contribution in [0.1, 0.15) is 33.1 Å². The Labute approximate surface area is 141 Å². The summed E-state index contributed by atoms with van der Waals surface area (Å²) >= 11 is 0. The van der Waals surface area contributed by atoms with E-state index in [9.17, 15) is 0 Å². The maximum absolute atomic E-state index is 5.73. The third-order valence-electron chi connectivity index (χ3n) is 4.48. The van der Waals surface area contributed by atoms with E-state index in [0.717, 1.165) is 90.9 Å². The van der Waals surface area contributed by atoms with Crippen LogP contribution in [0.15, 0.2) is 4.99 Å². The van der Waals surface area contributed by atoms with Gasteiger partial charge in [0.2, 0.25) is 0 Å². The van der Waals surface area contributed by atoms with Crippen LogP contribution >= 0.6 is 0 Å². The van der Waals surface area contributed by atoms with Gasteiger partial charge in [0.25, 0.3) is 0 Å². The SMILES string of the molecule is CCNC(=NCCCN1CCOCC1)N1CCC(OCC)CC1. The molecule has 0 radical (unpaired) electrons. The first-order chi connectivity index (χ1) is 11.3. The topological polar surface area (TPSA) is 49.3 Å². The van der Waals surface area contributed by atoms with Crippen LogP contribution in [0.4, 0.5) is 0 Å². The minimum absolute atomic E-state index is 0.431. The van der Waals surface area contributed by atoms with Gasteiger partial charge in [0.1, 0.15) is 0 Å². The number of piperidine rings is 1. The van der Waals surface area contributed by atoms with Gasteiger partial charge in [0.05, 0.1) is 19.3 Å². The van der Waals surface area contributed by atoms with E-state index in [4.69, 9.17) is 14.5 Å². The number of hydrogen-bond donors (Lipinski definition) is 1. The molecule has 1 N–H and O–H groups in total. The Bertz CT molecular complexity index is 337. The van der Waals surface area contributed by atoms with E-state index in [1.165, 1.54) is 0 Å². The lowest BCUT2D eigenvalue weighted by Gasteiger charge is -2.34. The molecule has 0 aromatic heterocycles. The van der Waals surface area contributed by atoms with E-state index in [1.54, 1.807) is 0 Å². The Kier molecular flexibility index (Phi) is 8.71. The zero-order valence-electron chi connectivity index (χ0n) is 14.9. The molecule has 0 spiro atoms. The van der Waals surface area contributed by atoms with Crippen LogP contribution in [-0.2, 0) is 9.47 Å². The average Bonchev–Trinajstić information content (AvgIpc) is 2.60. The number of nitrogens with zero attached hydrogens (tertiary/aromatic N) is 3. The van der Waals surface area contributed by atoms with Crippen molar-refractivity contribution in [2.75, 3.05) is 65.6 Å². The summed E-state index contributed by atoms with van der Waals surface area (Å²) < 4.78 is 11.1. The monoisotopic (exact) mass is 326 g/mol. The number of rotatable bonds is 7. The summed E-state index contributed by atoms with van der Waals surface area (Å²) in [7, 11) is 0. The van der Waals surface area contributed by atoms with Crippen LogP contribution < -0.4 is 5.32 Å². The molecule has 0 saturated carbocycles. The van der Waals surface area contributed by atoms with E-state index in [2.05, 4.69) is 29.0 Å². The second-order valence-corrected chi connectivity index (χ2v) is 6.18. The van der Waals surface area contributed by atoms with Crippen molar-refractivity contribution in [3.63, 3.8) is 0 Å². The molecule has 23 heavy (non-hydrogen) atoms. The Morgan fingerprint density at radius 2 is 1.91 bits per heavy atom. The predicted molar refractivity (Wildman–Crippen MR) is 94.1 cm³/mol. The first-order valence-electron chi connectivity index (χ1n) is 9.28. The van der Waals surface area contributed by atoms with Crippen LogP contribution in [0.3, 0.4) is 0 Å². The van der Waals surface area contributed by atoms with Crippen molar-refractivity contribution < 1.29 is 9.47 Å². The number of ether oxygens (including phenoxy) is 2. The molecule has 6 heteroatoms. The third-order valence-corrected chi connectivity index (χ3v) is 4.48. The molecule has 134 valence electrons. The van der Waals surface area contributed by atoms with Gasteiger partial charge in [-0.3, -0.25) is 9.89 Å². The van der Waals surface area contributed by atoms with Crippen molar-refractivity contribution >= 4 is 5.96 Å². The number of likely N-dealkylation sites (tertiary alicyclic amines) is 1. The molecule has 0 atom stereocenters. The van der Waals surface area contributed by atoms with Crippen LogP contribution in [0.5, 0.6) is 0 Å². The summed E-state index contributed by atoms with van der Waals surface area (Å²) in [5, 5.41) is 3.44. The number of aliphatic imine (C=N–C) groups is 1. The molecule has 0 aromatic rings. The highest BCUT2D eigenvalue weighted by Crippen LogP contribution is 2.13. The Morgan fingerprint density at radius 1 is 1.17 bits per heavy atom.